The highest BCUT2D eigenvalue weighted by atomic mass is 127. The SMILES string of the molecule is CCCCCC[Si](C)(I)I. The lowest BCUT2D eigenvalue weighted by molar-refractivity contribution is 0.700. The summed E-state index contributed by atoms with van der Waals surface area (Å²) in [5.74, 6) is 0. The van der Waals surface area contributed by atoms with E-state index in [0.29, 0.717) is 0 Å². The molecule has 0 rings (SSSR count). The van der Waals surface area contributed by atoms with Gasteiger partial charge in [0.25, 0.3) is 0 Å². The van der Waals surface area contributed by atoms with Crippen LogP contribution >= 0.6 is 43.6 Å². The van der Waals surface area contributed by atoms with Crippen LogP contribution in [0, 0.1) is 0 Å². The average molecular weight is 382 g/mol. The summed E-state index contributed by atoms with van der Waals surface area (Å²) in [5, 5.41) is 0. The van der Waals surface area contributed by atoms with Crippen molar-refractivity contribution in [1.29, 1.82) is 0 Å². The van der Waals surface area contributed by atoms with Gasteiger partial charge in [-0.25, -0.2) is 0 Å². The maximum Gasteiger partial charge on any atom is 0.189 e. The van der Waals surface area contributed by atoms with Crippen molar-refractivity contribution in [3.05, 3.63) is 0 Å². The van der Waals surface area contributed by atoms with E-state index in [1.807, 2.05) is 0 Å². The predicted octanol–water partition coefficient (Wildman–Crippen LogP) is 4.51. The summed E-state index contributed by atoms with van der Waals surface area (Å²) < 4.78 is -0.767. The van der Waals surface area contributed by atoms with Crippen molar-refractivity contribution in [2.24, 2.45) is 0 Å². The van der Waals surface area contributed by atoms with Crippen LogP contribution in [0.25, 0.3) is 0 Å². The summed E-state index contributed by atoms with van der Waals surface area (Å²) >= 11 is 5.31. The van der Waals surface area contributed by atoms with Crippen molar-refractivity contribution in [3.63, 3.8) is 0 Å². The molecule has 0 atom stereocenters. The Labute approximate surface area is 91.0 Å². The van der Waals surface area contributed by atoms with Crippen molar-refractivity contribution < 1.29 is 0 Å². The Bertz CT molecular complexity index is 78.2. The molecule has 0 N–H and O–H groups in total. The lowest BCUT2D eigenvalue weighted by Gasteiger charge is -2.09. The zero-order valence-electron chi connectivity index (χ0n) is 6.79. The summed E-state index contributed by atoms with van der Waals surface area (Å²) in [5.41, 5.74) is 0. The van der Waals surface area contributed by atoms with E-state index < -0.39 is 3.07 Å². The number of hydrogen-bond donors (Lipinski definition) is 0. The first-order valence-electron chi connectivity index (χ1n) is 3.94. The fourth-order valence-corrected chi connectivity index (χ4v) is 4.02. The summed E-state index contributed by atoms with van der Waals surface area (Å²) in [4.78, 5) is 0. The van der Waals surface area contributed by atoms with E-state index >= 15 is 0 Å². The van der Waals surface area contributed by atoms with Gasteiger partial charge in [0.1, 0.15) is 0 Å². The third-order valence-electron chi connectivity index (χ3n) is 1.47. The van der Waals surface area contributed by atoms with Crippen LogP contribution in [-0.4, -0.2) is 3.07 Å². The second-order valence-electron chi connectivity index (χ2n) is 2.88. The van der Waals surface area contributed by atoms with Crippen LogP contribution < -0.4 is 0 Å². The van der Waals surface area contributed by atoms with Crippen molar-refractivity contribution >= 4 is 46.7 Å². The molecule has 62 valence electrons. The topological polar surface area (TPSA) is 0 Å². The van der Waals surface area contributed by atoms with Crippen LogP contribution in [0.15, 0.2) is 0 Å². The highest BCUT2D eigenvalue weighted by Crippen LogP contribution is 2.28. The maximum absolute atomic E-state index is 2.65. The molecule has 0 unspecified atom stereocenters. The first kappa shape index (κ1) is 11.7. The van der Waals surface area contributed by atoms with E-state index in [4.69, 9.17) is 0 Å². The molecule has 0 saturated heterocycles. The zero-order chi connectivity index (χ0) is 8.04. The molecular formula is C7H16I2Si. The monoisotopic (exact) mass is 382 g/mol. The van der Waals surface area contributed by atoms with Crippen molar-refractivity contribution in [1.82, 2.24) is 0 Å². The Balaban J connectivity index is 3.04. The molecule has 0 bridgehead atoms. The van der Waals surface area contributed by atoms with Crippen molar-refractivity contribution in [2.75, 3.05) is 0 Å². The second-order valence-corrected chi connectivity index (χ2v) is 26.0. The van der Waals surface area contributed by atoms with Crippen LogP contribution in [0.5, 0.6) is 0 Å². The lowest BCUT2D eigenvalue weighted by Crippen LogP contribution is -2.08. The standard InChI is InChI=1S/C7H16I2Si/c1-3-4-5-6-7-10(2,8)9/h3-7H2,1-2H3. The van der Waals surface area contributed by atoms with Crippen LogP contribution in [0.4, 0.5) is 0 Å². The van der Waals surface area contributed by atoms with E-state index in [0.717, 1.165) is 0 Å². The smallest absolute Gasteiger partial charge is 0.105 e. The lowest BCUT2D eigenvalue weighted by atomic mass is 10.2. The second kappa shape index (κ2) is 6.22. The molecule has 0 amide bonds. The van der Waals surface area contributed by atoms with Gasteiger partial charge in [-0.2, -0.15) is 0 Å². The Morgan fingerprint density at radius 3 is 2.10 bits per heavy atom. The molecule has 0 aromatic rings. The summed E-state index contributed by atoms with van der Waals surface area (Å²) in [7, 11) is 0. The van der Waals surface area contributed by atoms with E-state index in [-0.39, 0.29) is 0 Å². The minimum absolute atomic E-state index is 0.767. The first-order chi connectivity index (χ1) is 4.56. The van der Waals surface area contributed by atoms with Gasteiger partial charge in [0.05, 0.1) is 0 Å². The number of halogens is 2. The van der Waals surface area contributed by atoms with E-state index in [2.05, 4.69) is 57.1 Å². The largest absolute Gasteiger partial charge is 0.189 e. The van der Waals surface area contributed by atoms with Crippen LogP contribution in [-0.2, 0) is 0 Å². The predicted molar refractivity (Wildman–Crippen MR) is 68.6 cm³/mol. The van der Waals surface area contributed by atoms with Gasteiger partial charge in [0.2, 0.25) is 0 Å². The van der Waals surface area contributed by atoms with Gasteiger partial charge < -0.3 is 0 Å². The molecule has 0 spiro atoms. The molecule has 0 aromatic carbocycles. The highest BCUT2D eigenvalue weighted by Gasteiger charge is 2.16. The van der Waals surface area contributed by atoms with E-state index in [1.54, 1.807) is 0 Å². The molecule has 3 heteroatoms. The van der Waals surface area contributed by atoms with Gasteiger partial charge in [-0.1, -0.05) is 39.2 Å². The molecule has 0 aliphatic rings. The number of hydrogen-bond acceptors (Lipinski definition) is 0. The van der Waals surface area contributed by atoms with Gasteiger partial charge in [0, 0.05) is 0 Å². The fraction of sp³-hybridized carbons (Fsp3) is 1.00. The van der Waals surface area contributed by atoms with Crippen LogP contribution in [0.1, 0.15) is 32.6 Å². The third-order valence-corrected chi connectivity index (χ3v) is 5.94. The fourth-order valence-electron chi connectivity index (χ4n) is 0.862. The molecule has 0 heterocycles. The summed E-state index contributed by atoms with van der Waals surface area (Å²) in [6, 6.07) is 1.49. The Kier molecular flexibility index (Phi) is 7.26. The third kappa shape index (κ3) is 9.68. The van der Waals surface area contributed by atoms with E-state index in [9.17, 15) is 0 Å². The Morgan fingerprint density at radius 2 is 1.70 bits per heavy atom. The molecule has 0 aliphatic carbocycles. The first-order valence-corrected chi connectivity index (χ1v) is 12.9. The normalized spacial score (nSPS) is 12.0. The minimum Gasteiger partial charge on any atom is -0.105 e. The van der Waals surface area contributed by atoms with Gasteiger partial charge in [0.15, 0.2) is 3.07 Å². The van der Waals surface area contributed by atoms with Gasteiger partial charge in [-0.3, -0.25) is 0 Å². The summed E-state index contributed by atoms with van der Waals surface area (Å²) in [6.45, 7) is 4.70. The molecule has 0 saturated carbocycles. The van der Waals surface area contributed by atoms with Crippen LogP contribution in [0.2, 0.25) is 12.6 Å². The van der Waals surface area contributed by atoms with Crippen molar-refractivity contribution in [3.8, 4) is 0 Å². The molecule has 0 aromatic heterocycles. The minimum atomic E-state index is -0.767. The summed E-state index contributed by atoms with van der Waals surface area (Å²) in [6.07, 6.45) is 5.70. The Morgan fingerprint density at radius 1 is 1.10 bits per heavy atom. The molecule has 0 fully saturated rings. The van der Waals surface area contributed by atoms with Gasteiger partial charge in [-0.05, 0) is 6.04 Å². The molecule has 0 nitrogen and oxygen atoms in total. The van der Waals surface area contributed by atoms with Crippen molar-refractivity contribution in [2.45, 2.75) is 45.2 Å². The van der Waals surface area contributed by atoms with Gasteiger partial charge >= 0.3 is 0 Å². The van der Waals surface area contributed by atoms with E-state index in [1.165, 1.54) is 31.7 Å². The molecule has 0 aliphatic heterocycles. The molecular weight excluding hydrogens is 366 g/mol. The maximum atomic E-state index is 2.65. The highest BCUT2D eigenvalue weighted by molar-refractivity contribution is 14.3. The zero-order valence-corrected chi connectivity index (χ0v) is 12.1. The average Bonchev–Trinajstić information content (AvgIpc) is 1.78. The molecule has 10 heavy (non-hydrogen) atoms. The van der Waals surface area contributed by atoms with Gasteiger partial charge in [-0.15, -0.1) is 43.6 Å². The van der Waals surface area contributed by atoms with Crippen LogP contribution in [0.3, 0.4) is 0 Å². The Hall–Kier alpha value is 1.68. The number of unbranched alkanes of at least 4 members (excludes halogenated alkanes) is 3. The number of rotatable bonds is 5. The quantitative estimate of drug-likeness (QED) is 0.284. The molecule has 0 radical (unpaired) electrons.